The highest BCUT2D eigenvalue weighted by Gasteiger charge is 2.45. The van der Waals surface area contributed by atoms with Gasteiger partial charge in [-0.2, -0.15) is 0 Å². The number of anilines is 1. The molecule has 4 amide bonds. The number of nitrogens with one attached hydrogen (secondary N) is 3. The largest absolute Gasteiger partial charge is 0.496 e. The summed E-state index contributed by atoms with van der Waals surface area (Å²) in [5, 5.41) is 9.00. The number of rotatable bonds is 4. The van der Waals surface area contributed by atoms with Crippen molar-refractivity contribution >= 4 is 35.1 Å². The molecule has 3 N–H and O–H groups in total. The first-order valence-electron chi connectivity index (χ1n) is 10.5. The van der Waals surface area contributed by atoms with Gasteiger partial charge in [-0.05, 0) is 56.2 Å². The summed E-state index contributed by atoms with van der Waals surface area (Å²) in [5.41, 5.74) is 2.31. The van der Waals surface area contributed by atoms with E-state index >= 15 is 0 Å². The van der Waals surface area contributed by atoms with Gasteiger partial charge in [0.25, 0.3) is 5.91 Å². The van der Waals surface area contributed by atoms with Crippen LogP contribution >= 0.6 is 11.6 Å². The minimum absolute atomic E-state index is 0.0387. The summed E-state index contributed by atoms with van der Waals surface area (Å²) in [7, 11) is 1.57. The van der Waals surface area contributed by atoms with Crippen molar-refractivity contribution in [2.75, 3.05) is 19.0 Å². The number of halogens is 1. The molecule has 8 nitrogen and oxygen atoms in total. The van der Waals surface area contributed by atoms with Crippen LogP contribution in [0.1, 0.15) is 30.6 Å². The Bertz CT molecular complexity index is 1090. The van der Waals surface area contributed by atoms with Crippen molar-refractivity contribution < 1.29 is 19.1 Å². The van der Waals surface area contributed by atoms with Crippen molar-refractivity contribution in [3.05, 3.63) is 47.0 Å². The van der Waals surface area contributed by atoms with Crippen molar-refractivity contribution in [2.24, 2.45) is 0 Å². The molecule has 0 unspecified atom stereocenters. The fraction of sp³-hybridized carbons (Fsp3) is 0.348. The zero-order valence-electron chi connectivity index (χ0n) is 18.1. The maximum absolute atomic E-state index is 13.4. The third kappa shape index (κ3) is 4.10. The summed E-state index contributed by atoms with van der Waals surface area (Å²) < 4.78 is 5.45. The first kappa shape index (κ1) is 22.0. The van der Waals surface area contributed by atoms with E-state index in [0.29, 0.717) is 35.0 Å². The van der Waals surface area contributed by atoms with Crippen LogP contribution in [-0.4, -0.2) is 54.5 Å². The molecule has 0 bridgehead atoms. The molecule has 0 aromatic heterocycles. The molecule has 0 saturated carbocycles. The third-order valence-electron chi connectivity index (χ3n) is 5.64. The molecule has 2 aliphatic heterocycles. The number of fused-ring (bicyclic) bond motifs is 2. The van der Waals surface area contributed by atoms with Crippen LogP contribution in [0.2, 0.25) is 5.02 Å². The number of hydrogen-bond acceptors (Lipinski definition) is 4. The Kier molecular flexibility index (Phi) is 5.97. The number of carbonyl (C=O) groups excluding carboxylic acids is 3. The van der Waals surface area contributed by atoms with Gasteiger partial charge in [0.2, 0.25) is 5.91 Å². The molecule has 168 valence electrons. The van der Waals surface area contributed by atoms with Crippen LogP contribution < -0.4 is 20.7 Å². The molecule has 0 spiro atoms. The molecule has 1 fully saturated rings. The summed E-state index contributed by atoms with van der Waals surface area (Å²) in [6, 6.07) is 8.87. The van der Waals surface area contributed by atoms with E-state index in [9.17, 15) is 14.4 Å². The molecule has 2 atom stereocenters. The molecule has 0 radical (unpaired) electrons. The lowest BCUT2D eigenvalue weighted by molar-refractivity contribution is -0.120. The lowest BCUT2D eigenvalue weighted by atomic mass is 10.0. The topological polar surface area (TPSA) is 99.8 Å². The molecule has 2 aromatic rings. The second-order valence-electron chi connectivity index (χ2n) is 8.21. The van der Waals surface area contributed by atoms with E-state index in [1.54, 1.807) is 37.4 Å². The number of methoxy groups -OCH3 is 1. The van der Waals surface area contributed by atoms with Crippen molar-refractivity contribution in [3.63, 3.8) is 0 Å². The summed E-state index contributed by atoms with van der Waals surface area (Å²) in [4.78, 5) is 40.1. The average molecular weight is 457 g/mol. The van der Waals surface area contributed by atoms with Gasteiger partial charge in [0.05, 0.1) is 24.4 Å². The van der Waals surface area contributed by atoms with E-state index in [2.05, 4.69) is 16.0 Å². The highest BCUT2D eigenvalue weighted by molar-refractivity contribution is 6.31. The summed E-state index contributed by atoms with van der Waals surface area (Å²) in [6.07, 6.45) is 0.493. The Morgan fingerprint density at radius 2 is 1.97 bits per heavy atom. The number of amides is 4. The molecule has 2 aliphatic rings. The Hall–Kier alpha value is -3.26. The predicted molar refractivity (Wildman–Crippen MR) is 122 cm³/mol. The molecule has 4 rings (SSSR count). The van der Waals surface area contributed by atoms with Gasteiger partial charge < -0.3 is 25.6 Å². The van der Waals surface area contributed by atoms with E-state index in [1.807, 2.05) is 19.9 Å². The summed E-state index contributed by atoms with van der Waals surface area (Å²) in [6.45, 7) is 4.07. The van der Waals surface area contributed by atoms with Gasteiger partial charge in [-0.15, -0.1) is 0 Å². The first-order chi connectivity index (χ1) is 15.3. The number of carbonyl (C=O) groups is 3. The van der Waals surface area contributed by atoms with Crippen LogP contribution in [0.15, 0.2) is 36.4 Å². The lowest BCUT2D eigenvalue weighted by Crippen LogP contribution is -2.54. The minimum Gasteiger partial charge on any atom is -0.496 e. The maximum Gasteiger partial charge on any atom is 0.315 e. The third-order valence-corrected chi connectivity index (χ3v) is 5.88. The number of benzene rings is 2. The van der Waals surface area contributed by atoms with Gasteiger partial charge >= 0.3 is 6.03 Å². The van der Waals surface area contributed by atoms with E-state index < -0.39 is 12.1 Å². The second kappa shape index (κ2) is 8.70. The van der Waals surface area contributed by atoms with E-state index in [-0.39, 0.29) is 23.9 Å². The highest BCUT2D eigenvalue weighted by atomic mass is 35.5. The van der Waals surface area contributed by atoms with Crippen molar-refractivity contribution in [2.45, 2.75) is 38.4 Å². The fourth-order valence-corrected chi connectivity index (χ4v) is 4.40. The van der Waals surface area contributed by atoms with Crippen LogP contribution in [-0.2, 0) is 4.79 Å². The number of urea groups is 1. The smallest absolute Gasteiger partial charge is 0.315 e. The van der Waals surface area contributed by atoms with Gasteiger partial charge in [0.1, 0.15) is 11.8 Å². The molecule has 2 heterocycles. The zero-order chi connectivity index (χ0) is 23.0. The van der Waals surface area contributed by atoms with Crippen LogP contribution in [0, 0.1) is 0 Å². The standard InChI is InChI=1S/C23H25ClN4O4/c1-12(2)25-23(31)27-18-8-9-28-20(18)21(29)26-17-6-4-13(10-16(17)22(28)30)15-11-14(24)5-7-19(15)32-3/h4-7,10-12,18,20H,8-9H2,1-3H3,(H,26,29)(H2,25,27,31)/t18-,20-/m0/s1. The first-order valence-corrected chi connectivity index (χ1v) is 10.8. The van der Waals surface area contributed by atoms with Crippen LogP contribution in [0.5, 0.6) is 5.75 Å². The minimum atomic E-state index is -0.781. The average Bonchev–Trinajstić information content (AvgIpc) is 3.12. The molecule has 32 heavy (non-hydrogen) atoms. The van der Waals surface area contributed by atoms with Gasteiger partial charge in [0, 0.05) is 23.2 Å². The highest BCUT2D eigenvalue weighted by Crippen LogP contribution is 2.36. The molecular formula is C23H25ClN4O4. The van der Waals surface area contributed by atoms with Gasteiger partial charge in [-0.25, -0.2) is 4.79 Å². The van der Waals surface area contributed by atoms with Crippen LogP contribution in [0.3, 0.4) is 0 Å². The number of hydrogen-bond donors (Lipinski definition) is 3. The van der Waals surface area contributed by atoms with Gasteiger partial charge in [0.15, 0.2) is 0 Å². The van der Waals surface area contributed by atoms with Crippen LogP contribution in [0.25, 0.3) is 11.1 Å². The monoisotopic (exact) mass is 456 g/mol. The quantitative estimate of drug-likeness (QED) is 0.657. The van der Waals surface area contributed by atoms with E-state index in [0.717, 1.165) is 11.1 Å². The van der Waals surface area contributed by atoms with Crippen molar-refractivity contribution in [1.29, 1.82) is 0 Å². The number of nitrogens with zero attached hydrogens (tertiary/aromatic N) is 1. The Morgan fingerprint density at radius 1 is 1.19 bits per heavy atom. The van der Waals surface area contributed by atoms with Gasteiger partial charge in [-0.1, -0.05) is 17.7 Å². The molecule has 9 heteroatoms. The van der Waals surface area contributed by atoms with Crippen molar-refractivity contribution in [1.82, 2.24) is 15.5 Å². The fourth-order valence-electron chi connectivity index (χ4n) is 4.23. The SMILES string of the molecule is COc1ccc(Cl)cc1-c1ccc2c(c1)C(=O)N1CC[C@H](NC(=O)NC(C)C)[C@H]1C(=O)N2. The summed E-state index contributed by atoms with van der Waals surface area (Å²) in [5.74, 6) is 0.0382. The summed E-state index contributed by atoms with van der Waals surface area (Å²) >= 11 is 6.18. The molecule has 1 saturated heterocycles. The molecule has 2 aromatic carbocycles. The number of ether oxygens (including phenoxy) is 1. The zero-order valence-corrected chi connectivity index (χ0v) is 18.8. The Balaban J connectivity index is 1.66. The van der Waals surface area contributed by atoms with Crippen LogP contribution in [0.4, 0.5) is 10.5 Å². The Labute approximate surface area is 191 Å². The lowest BCUT2D eigenvalue weighted by Gasteiger charge is -2.25. The van der Waals surface area contributed by atoms with E-state index in [4.69, 9.17) is 16.3 Å². The maximum atomic E-state index is 13.4. The molecule has 0 aliphatic carbocycles. The van der Waals surface area contributed by atoms with Crippen molar-refractivity contribution in [3.8, 4) is 16.9 Å². The van der Waals surface area contributed by atoms with E-state index in [1.165, 1.54) is 4.90 Å². The Morgan fingerprint density at radius 3 is 2.69 bits per heavy atom. The molecular weight excluding hydrogens is 432 g/mol. The normalized spacial score (nSPS) is 19.7. The van der Waals surface area contributed by atoms with Gasteiger partial charge in [-0.3, -0.25) is 9.59 Å². The second-order valence-corrected chi connectivity index (χ2v) is 8.64. The predicted octanol–water partition coefficient (Wildman–Crippen LogP) is 3.26.